The van der Waals surface area contributed by atoms with Crippen LogP contribution in [0.5, 0.6) is 0 Å². The Bertz CT molecular complexity index is 765. The average Bonchev–Trinajstić information content (AvgIpc) is 2.56. The molecular formula is C19H17NO. The van der Waals surface area contributed by atoms with Crippen LogP contribution in [0, 0.1) is 0 Å². The molecule has 0 bridgehead atoms. The lowest BCUT2D eigenvalue weighted by Crippen LogP contribution is -2.12. The van der Waals surface area contributed by atoms with Gasteiger partial charge in [-0.05, 0) is 24.1 Å². The van der Waals surface area contributed by atoms with E-state index in [0.717, 1.165) is 28.5 Å². The molecule has 0 amide bonds. The Labute approximate surface area is 124 Å². The molecule has 2 aromatic carbocycles. The molecule has 0 aliphatic rings. The molecule has 0 saturated heterocycles. The first kappa shape index (κ1) is 13.5. The van der Waals surface area contributed by atoms with Crippen molar-refractivity contribution >= 4 is 16.7 Å². The van der Waals surface area contributed by atoms with E-state index in [9.17, 15) is 4.79 Å². The standard InChI is InChI=1S/C19H17NO/c1-2-17(14-7-4-3-5-8-14)19(21)16-11-10-15-9-6-12-20-18(15)13-16/h3-13,17H,2H2,1H3. The van der Waals surface area contributed by atoms with E-state index in [1.165, 1.54) is 0 Å². The number of fused-ring (bicyclic) bond motifs is 1. The van der Waals surface area contributed by atoms with Crippen LogP contribution in [-0.2, 0) is 0 Å². The van der Waals surface area contributed by atoms with E-state index >= 15 is 0 Å². The van der Waals surface area contributed by atoms with Crippen molar-refractivity contribution < 1.29 is 4.79 Å². The van der Waals surface area contributed by atoms with Crippen LogP contribution in [0.3, 0.4) is 0 Å². The minimum atomic E-state index is -0.0904. The maximum Gasteiger partial charge on any atom is 0.170 e. The predicted molar refractivity (Wildman–Crippen MR) is 85.5 cm³/mol. The van der Waals surface area contributed by atoms with Gasteiger partial charge in [0.2, 0.25) is 0 Å². The second-order valence-corrected chi connectivity index (χ2v) is 5.15. The zero-order valence-electron chi connectivity index (χ0n) is 12.0. The van der Waals surface area contributed by atoms with Crippen LogP contribution >= 0.6 is 0 Å². The number of aromatic nitrogens is 1. The third-order valence-electron chi connectivity index (χ3n) is 3.82. The lowest BCUT2D eigenvalue weighted by Gasteiger charge is -2.14. The van der Waals surface area contributed by atoms with Gasteiger partial charge in [0.15, 0.2) is 5.78 Å². The van der Waals surface area contributed by atoms with Crippen molar-refractivity contribution in [1.82, 2.24) is 4.98 Å². The van der Waals surface area contributed by atoms with Gasteiger partial charge in [0, 0.05) is 23.1 Å². The van der Waals surface area contributed by atoms with Crippen molar-refractivity contribution in [3.05, 3.63) is 78.0 Å². The summed E-state index contributed by atoms with van der Waals surface area (Å²) in [5.41, 5.74) is 2.68. The predicted octanol–water partition coefficient (Wildman–Crippen LogP) is 4.61. The molecule has 3 aromatic rings. The van der Waals surface area contributed by atoms with Crippen LogP contribution in [0.25, 0.3) is 10.9 Å². The first-order valence-electron chi connectivity index (χ1n) is 7.23. The maximum absolute atomic E-state index is 12.8. The van der Waals surface area contributed by atoms with Crippen molar-refractivity contribution in [2.24, 2.45) is 0 Å². The molecule has 0 N–H and O–H groups in total. The molecule has 21 heavy (non-hydrogen) atoms. The normalized spacial score (nSPS) is 12.2. The van der Waals surface area contributed by atoms with E-state index in [1.807, 2.05) is 60.7 Å². The molecular weight excluding hydrogens is 258 g/mol. The minimum Gasteiger partial charge on any atom is -0.293 e. The fraction of sp³-hybridized carbons (Fsp3) is 0.158. The SMILES string of the molecule is CCC(C(=O)c1ccc2cccnc2c1)c1ccccc1. The highest BCUT2D eigenvalue weighted by molar-refractivity contribution is 6.03. The van der Waals surface area contributed by atoms with Crippen LogP contribution < -0.4 is 0 Å². The van der Waals surface area contributed by atoms with Gasteiger partial charge >= 0.3 is 0 Å². The maximum atomic E-state index is 12.8. The summed E-state index contributed by atoms with van der Waals surface area (Å²) >= 11 is 0. The fourth-order valence-electron chi connectivity index (χ4n) is 2.68. The zero-order valence-corrected chi connectivity index (χ0v) is 12.0. The van der Waals surface area contributed by atoms with Gasteiger partial charge in [-0.1, -0.05) is 55.5 Å². The minimum absolute atomic E-state index is 0.0904. The van der Waals surface area contributed by atoms with Crippen molar-refractivity contribution in [2.45, 2.75) is 19.3 Å². The summed E-state index contributed by atoms with van der Waals surface area (Å²) in [5, 5.41) is 1.06. The smallest absolute Gasteiger partial charge is 0.170 e. The first-order chi connectivity index (χ1) is 10.3. The van der Waals surface area contributed by atoms with Crippen LogP contribution in [0.2, 0.25) is 0 Å². The molecule has 1 heterocycles. The van der Waals surface area contributed by atoms with E-state index in [4.69, 9.17) is 0 Å². The molecule has 1 unspecified atom stereocenters. The van der Waals surface area contributed by atoms with E-state index < -0.39 is 0 Å². The number of pyridine rings is 1. The first-order valence-corrected chi connectivity index (χ1v) is 7.23. The fourth-order valence-corrected chi connectivity index (χ4v) is 2.68. The molecule has 0 aliphatic carbocycles. The second-order valence-electron chi connectivity index (χ2n) is 5.15. The Morgan fingerprint density at radius 3 is 2.62 bits per heavy atom. The number of hydrogen-bond acceptors (Lipinski definition) is 2. The zero-order chi connectivity index (χ0) is 14.7. The highest BCUT2D eigenvalue weighted by Crippen LogP contribution is 2.25. The van der Waals surface area contributed by atoms with Gasteiger partial charge in [-0.2, -0.15) is 0 Å². The van der Waals surface area contributed by atoms with Crippen molar-refractivity contribution in [1.29, 1.82) is 0 Å². The highest BCUT2D eigenvalue weighted by Gasteiger charge is 2.20. The third-order valence-corrected chi connectivity index (χ3v) is 3.82. The summed E-state index contributed by atoms with van der Waals surface area (Å²) < 4.78 is 0. The monoisotopic (exact) mass is 275 g/mol. The Balaban J connectivity index is 1.98. The molecule has 0 aliphatic heterocycles. The van der Waals surface area contributed by atoms with Crippen LogP contribution in [0.4, 0.5) is 0 Å². The number of hydrogen-bond donors (Lipinski definition) is 0. The number of Topliss-reactive ketones (excluding diaryl/α,β-unsaturated/α-hetero) is 1. The molecule has 3 rings (SSSR count). The third kappa shape index (κ3) is 2.70. The number of ketones is 1. The summed E-state index contributed by atoms with van der Waals surface area (Å²) in [5.74, 6) is 0.0728. The van der Waals surface area contributed by atoms with E-state index in [2.05, 4.69) is 11.9 Å². The van der Waals surface area contributed by atoms with Crippen LogP contribution in [0.1, 0.15) is 35.2 Å². The molecule has 1 aromatic heterocycles. The van der Waals surface area contributed by atoms with E-state index in [-0.39, 0.29) is 11.7 Å². The molecule has 104 valence electrons. The van der Waals surface area contributed by atoms with Gasteiger partial charge < -0.3 is 0 Å². The quantitative estimate of drug-likeness (QED) is 0.651. The van der Waals surface area contributed by atoms with Gasteiger partial charge in [0.25, 0.3) is 0 Å². The number of nitrogens with zero attached hydrogens (tertiary/aromatic N) is 1. The number of benzene rings is 2. The molecule has 0 spiro atoms. The summed E-state index contributed by atoms with van der Waals surface area (Å²) in [7, 11) is 0. The molecule has 2 heteroatoms. The van der Waals surface area contributed by atoms with Gasteiger partial charge in [0.05, 0.1) is 5.52 Å². The molecule has 0 fully saturated rings. The molecule has 2 nitrogen and oxygen atoms in total. The van der Waals surface area contributed by atoms with E-state index in [0.29, 0.717) is 0 Å². The van der Waals surface area contributed by atoms with Crippen LogP contribution in [0.15, 0.2) is 66.9 Å². The topological polar surface area (TPSA) is 30.0 Å². The van der Waals surface area contributed by atoms with Gasteiger partial charge in [-0.15, -0.1) is 0 Å². The summed E-state index contributed by atoms with van der Waals surface area (Å²) in [6.07, 6.45) is 2.55. The summed E-state index contributed by atoms with van der Waals surface area (Å²) in [6, 6.07) is 19.6. The number of carbonyl (C=O) groups excluding carboxylic acids is 1. The molecule has 0 radical (unpaired) electrons. The van der Waals surface area contributed by atoms with Gasteiger partial charge in [0.1, 0.15) is 0 Å². The Morgan fingerprint density at radius 2 is 1.86 bits per heavy atom. The Morgan fingerprint density at radius 1 is 1.05 bits per heavy atom. The van der Waals surface area contributed by atoms with Gasteiger partial charge in [-0.25, -0.2) is 0 Å². The van der Waals surface area contributed by atoms with Gasteiger partial charge in [-0.3, -0.25) is 9.78 Å². The molecule has 0 saturated carbocycles. The molecule has 1 atom stereocenters. The van der Waals surface area contributed by atoms with Crippen LogP contribution in [-0.4, -0.2) is 10.8 Å². The summed E-state index contributed by atoms with van der Waals surface area (Å²) in [6.45, 7) is 2.05. The largest absolute Gasteiger partial charge is 0.293 e. The number of rotatable bonds is 4. The average molecular weight is 275 g/mol. The lowest BCUT2D eigenvalue weighted by atomic mass is 9.88. The number of carbonyl (C=O) groups is 1. The lowest BCUT2D eigenvalue weighted by molar-refractivity contribution is 0.0957. The Hall–Kier alpha value is -2.48. The summed E-state index contributed by atoms with van der Waals surface area (Å²) in [4.78, 5) is 17.1. The van der Waals surface area contributed by atoms with Crippen molar-refractivity contribution in [2.75, 3.05) is 0 Å². The van der Waals surface area contributed by atoms with E-state index in [1.54, 1.807) is 6.20 Å². The second kappa shape index (κ2) is 5.88. The van der Waals surface area contributed by atoms with Crippen molar-refractivity contribution in [3.63, 3.8) is 0 Å². The highest BCUT2D eigenvalue weighted by atomic mass is 16.1. The Kier molecular flexibility index (Phi) is 3.78. The van der Waals surface area contributed by atoms with Crippen molar-refractivity contribution in [3.8, 4) is 0 Å².